The minimum atomic E-state index is -5.39. The summed E-state index contributed by atoms with van der Waals surface area (Å²) in [5, 5.41) is 61.3. The van der Waals surface area contributed by atoms with Crippen LogP contribution >= 0.6 is 15.6 Å². The summed E-state index contributed by atoms with van der Waals surface area (Å²) in [6, 6.07) is 0. The number of carbonyl (C=O) groups is 2. The molecule has 0 aromatic carbocycles. The van der Waals surface area contributed by atoms with Gasteiger partial charge in [0.05, 0.1) is 18.8 Å². The number of aliphatic hydroxyl groups excluding tert-OH is 6. The Hall–Kier alpha value is -2.64. The van der Waals surface area contributed by atoms with E-state index in [1.54, 1.807) is 42.5 Å². The van der Waals surface area contributed by atoms with Gasteiger partial charge in [-0.1, -0.05) is 177 Å². The molecule has 1 fully saturated rings. The monoisotopic (exact) mass is 1020 g/mol. The van der Waals surface area contributed by atoms with Crippen molar-refractivity contribution in [3.05, 3.63) is 72.9 Å². The van der Waals surface area contributed by atoms with Gasteiger partial charge in [0.25, 0.3) is 0 Å². The van der Waals surface area contributed by atoms with Crippen LogP contribution in [0.5, 0.6) is 0 Å². The Morgan fingerprint density at radius 2 is 1.04 bits per heavy atom. The predicted molar refractivity (Wildman–Crippen MR) is 262 cm³/mol. The highest BCUT2D eigenvalue weighted by atomic mass is 31.2. The zero-order valence-corrected chi connectivity index (χ0v) is 42.5. The van der Waals surface area contributed by atoms with Gasteiger partial charge in [-0.15, -0.1) is 0 Å². The third-order valence-corrected chi connectivity index (χ3v) is 12.5. The fourth-order valence-corrected chi connectivity index (χ4v) is 8.65. The van der Waals surface area contributed by atoms with Gasteiger partial charge >= 0.3 is 27.6 Å². The maximum Gasteiger partial charge on any atom is 0.472 e. The van der Waals surface area contributed by atoms with E-state index in [1.807, 2.05) is 37.3 Å². The van der Waals surface area contributed by atoms with Gasteiger partial charge < -0.3 is 54.8 Å². The van der Waals surface area contributed by atoms with E-state index in [1.165, 1.54) is 64.2 Å². The summed E-state index contributed by atoms with van der Waals surface area (Å²) in [7, 11) is -10.7. The first-order valence-corrected chi connectivity index (χ1v) is 27.7. The SMILES string of the molecule is CC/C=C\C[C@@H](O)/C=C/C=C\C=C\[C@@H](O)C/C=C\C/C=C\CCC(=O)OC[C@H](COP(=O)(O)O[C@H]1C(O)C(O)C(O)[C@@H](OP(=O)(O)O)C1O)OC(=O)CCCCCCCCCCCCCCCCC. The molecule has 18 nitrogen and oxygen atoms in total. The molecule has 0 aromatic rings. The van der Waals surface area contributed by atoms with Crippen LogP contribution in [0.25, 0.3) is 0 Å². The van der Waals surface area contributed by atoms with Crippen molar-refractivity contribution >= 4 is 27.6 Å². The van der Waals surface area contributed by atoms with E-state index < -0.39 is 95.7 Å². The third kappa shape index (κ3) is 33.6. The molecule has 0 spiro atoms. The standard InChI is InChI=1S/C49H84O18P2/c1-3-5-7-8-9-10-11-12-13-14-15-16-17-22-30-36-43(53)65-41(38-64-69(61,62)67-49-46(56)44(54)45(55)48(47(49)57)66-68(58,59)60)37-63-42(52)35-29-21-19-18-20-26-32-40(51)34-28-24-23-27-33-39(50)31-25-6-4-2/h6,19-21,23-28,33-34,39-41,44-51,54-57H,3-5,7-18,22,29-32,35-38H2,1-2H3,(H,61,62)(H2,58,59,60)/b21-19-,24-23-,25-6-,26-20-,33-27+,34-28+/t39-,40+,41-,44?,45?,46?,47?,48-,49+/m1/s1. The van der Waals surface area contributed by atoms with E-state index >= 15 is 0 Å². The summed E-state index contributed by atoms with van der Waals surface area (Å²) >= 11 is 0. The maximum absolute atomic E-state index is 13.0. The second kappa shape index (κ2) is 39.0. The normalized spacial score (nSPS) is 22.7. The van der Waals surface area contributed by atoms with Crippen molar-refractivity contribution in [2.24, 2.45) is 0 Å². The highest BCUT2D eigenvalue weighted by Crippen LogP contribution is 2.49. The lowest BCUT2D eigenvalue weighted by atomic mass is 9.85. The molecule has 0 radical (unpaired) electrons. The highest BCUT2D eigenvalue weighted by molar-refractivity contribution is 7.47. The van der Waals surface area contributed by atoms with Crippen LogP contribution in [-0.2, 0) is 41.8 Å². The molecule has 0 bridgehead atoms. The first kappa shape index (κ1) is 64.4. The summed E-state index contributed by atoms with van der Waals surface area (Å²) in [5.74, 6) is -1.37. The summed E-state index contributed by atoms with van der Waals surface area (Å²) in [5.41, 5.74) is 0. The topological polar surface area (TPSA) is 296 Å². The second-order valence-corrected chi connectivity index (χ2v) is 19.8. The van der Waals surface area contributed by atoms with Gasteiger partial charge in [0.2, 0.25) is 0 Å². The number of esters is 2. The fraction of sp³-hybridized carbons (Fsp3) is 0.714. The Bertz CT molecular complexity index is 1640. The van der Waals surface area contributed by atoms with Crippen LogP contribution in [0, 0.1) is 0 Å². The van der Waals surface area contributed by atoms with Crippen molar-refractivity contribution in [3.8, 4) is 0 Å². The summed E-state index contributed by atoms with van der Waals surface area (Å²) in [6.07, 6.45) is 24.9. The number of allylic oxidation sites excluding steroid dienone is 8. The fourth-order valence-electron chi connectivity index (χ4n) is 7.11. The molecular weight excluding hydrogens is 938 g/mol. The molecule has 398 valence electrons. The predicted octanol–water partition coefficient (Wildman–Crippen LogP) is 7.56. The van der Waals surface area contributed by atoms with Crippen LogP contribution in [0.15, 0.2) is 72.9 Å². The molecule has 1 saturated carbocycles. The van der Waals surface area contributed by atoms with Crippen LogP contribution in [-0.4, -0.2) is 125 Å². The zero-order chi connectivity index (χ0) is 51.3. The molecule has 9 N–H and O–H groups in total. The number of hydrogen-bond acceptors (Lipinski definition) is 15. The van der Waals surface area contributed by atoms with E-state index in [4.69, 9.17) is 18.5 Å². The largest absolute Gasteiger partial charge is 0.472 e. The molecular formula is C49H84O18P2. The van der Waals surface area contributed by atoms with E-state index in [0.717, 1.165) is 32.1 Å². The number of unbranched alkanes of at least 4 members (excludes halogenated alkanes) is 14. The number of phosphoric ester groups is 2. The zero-order valence-electron chi connectivity index (χ0n) is 40.7. The van der Waals surface area contributed by atoms with Crippen LogP contribution in [0.3, 0.4) is 0 Å². The van der Waals surface area contributed by atoms with Crippen LogP contribution in [0.1, 0.15) is 155 Å². The lowest BCUT2D eigenvalue weighted by Crippen LogP contribution is -2.64. The summed E-state index contributed by atoms with van der Waals surface area (Å²) in [4.78, 5) is 54.3. The highest BCUT2D eigenvalue weighted by Gasteiger charge is 2.54. The van der Waals surface area contributed by atoms with E-state index in [2.05, 4.69) is 11.4 Å². The average molecular weight is 1020 g/mol. The van der Waals surface area contributed by atoms with Gasteiger partial charge in [-0.05, 0) is 38.5 Å². The Balaban J connectivity index is 2.66. The number of carbonyl (C=O) groups excluding carboxylic acids is 2. The van der Waals surface area contributed by atoms with Crippen LogP contribution in [0.2, 0.25) is 0 Å². The number of hydrogen-bond donors (Lipinski definition) is 9. The Kier molecular flexibility index (Phi) is 36.3. The summed E-state index contributed by atoms with van der Waals surface area (Å²) < 4.78 is 49.3. The Labute approximate surface area is 409 Å². The lowest BCUT2D eigenvalue weighted by Gasteiger charge is -2.43. The minimum absolute atomic E-state index is 0.00588. The van der Waals surface area contributed by atoms with Gasteiger partial charge in [-0.25, -0.2) is 9.13 Å². The number of rotatable bonds is 40. The average Bonchev–Trinajstić information content (AvgIpc) is 3.30. The van der Waals surface area contributed by atoms with Crippen molar-refractivity contribution in [2.45, 2.75) is 210 Å². The molecule has 20 heteroatoms. The quantitative estimate of drug-likeness (QED) is 0.00940. The van der Waals surface area contributed by atoms with Crippen molar-refractivity contribution in [1.29, 1.82) is 0 Å². The smallest absolute Gasteiger partial charge is 0.462 e. The third-order valence-electron chi connectivity index (χ3n) is 11.0. The van der Waals surface area contributed by atoms with Gasteiger partial charge in [-0.3, -0.25) is 23.2 Å². The molecule has 1 rings (SSSR count). The van der Waals surface area contributed by atoms with Gasteiger partial charge in [0.1, 0.15) is 43.2 Å². The first-order valence-electron chi connectivity index (χ1n) is 24.7. The van der Waals surface area contributed by atoms with Crippen LogP contribution < -0.4 is 0 Å². The van der Waals surface area contributed by atoms with Crippen molar-refractivity contribution in [1.82, 2.24) is 0 Å². The molecule has 0 heterocycles. The van der Waals surface area contributed by atoms with Gasteiger partial charge in [0, 0.05) is 12.8 Å². The van der Waals surface area contributed by atoms with Crippen molar-refractivity contribution < 1.29 is 87.1 Å². The molecule has 10 atom stereocenters. The van der Waals surface area contributed by atoms with Crippen molar-refractivity contribution in [2.75, 3.05) is 13.2 Å². The first-order chi connectivity index (χ1) is 32.9. The minimum Gasteiger partial charge on any atom is -0.462 e. The molecule has 0 amide bonds. The number of phosphoric acid groups is 2. The molecule has 0 saturated heterocycles. The van der Waals surface area contributed by atoms with E-state index in [9.17, 15) is 64.0 Å². The molecule has 1 aliphatic rings. The molecule has 5 unspecified atom stereocenters. The van der Waals surface area contributed by atoms with Crippen LogP contribution in [0.4, 0.5) is 0 Å². The number of aliphatic hydroxyl groups is 6. The van der Waals surface area contributed by atoms with Crippen molar-refractivity contribution in [3.63, 3.8) is 0 Å². The Morgan fingerprint density at radius 1 is 0.551 bits per heavy atom. The van der Waals surface area contributed by atoms with E-state index in [0.29, 0.717) is 32.1 Å². The lowest BCUT2D eigenvalue weighted by molar-refractivity contribution is -0.216. The van der Waals surface area contributed by atoms with Gasteiger partial charge in [0.15, 0.2) is 6.10 Å². The number of ether oxygens (including phenoxy) is 2. The molecule has 69 heavy (non-hydrogen) atoms. The molecule has 1 aliphatic carbocycles. The molecule has 0 aliphatic heterocycles. The maximum atomic E-state index is 13.0. The van der Waals surface area contributed by atoms with Gasteiger partial charge in [-0.2, -0.15) is 0 Å². The Morgan fingerprint density at radius 3 is 1.57 bits per heavy atom. The second-order valence-electron chi connectivity index (χ2n) is 17.2. The summed E-state index contributed by atoms with van der Waals surface area (Å²) in [6.45, 7) is 2.78. The van der Waals surface area contributed by atoms with E-state index in [-0.39, 0.29) is 12.8 Å². The molecule has 0 aromatic heterocycles.